The number of likely N-dealkylation sites (N-methyl/N-ethyl adjacent to an activating group) is 1. The van der Waals surface area contributed by atoms with E-state index in [1.165, 1.54) is 4.68 Å². The van der Waals surface area contributed by atoms with Crippen LogP contribution in [0.5, 0.6) is 0 Å². The highest BCUT2D eigenvalue weighted by Crippen LogP contribution is 2.03. The summed E-state index contributed by atoms with van der Waals surface area (Å²) in [6.45, 7) is 1.50. The highest BCUT2D eigenvalue weighted by molar-refractivity contribution is 5.85. The monoisotopic (exact) mass is 311 g/mol. The number of nitrogens with one attached hydrogen (secondary N) is 2. The predicted octanol–water partition coefficient (Wildman–Crippen LogP) is -0.0610. The molecule has 8 heteroatoms. The van der Waals surface area contributed by atoms with Gasteiger partial charge in [-0.1, -0.05) is 17.3 Å². The Kier molecular flexibility index (Phi) is 6.77. The van der Waals surface area contributed by atoms with Gasteiger partial charge >= 0.3 is 0 Å². The van der Waals surface area contributed by atoms with Gasteiger partial charge in [0.15, 0.2) is 0 Å². The lowest BCUT2D eigenvalue weighted by Gasteiger charge is -2.06. The van der Waals surface area contributed by atoms with Crippen LogP contribution in [-0.2, 0) is 11.3 Å². The Morgan fingerprint density at radius 2 is 2.05 bits per heavy atom. The van der Waals surface area contributed by atoms with Crippen molar-refractivity contribution >= 4 is 29.2 Å². The lowest BCUT2D eigenvalue weighted by Crippen LogP contribution is -2.32. The Bertz CT molecular complexity index is 658. The molecule has 0 spiro atoms. The lowest BCUT2D eigenvalue weighted by molar-refractivity contribution is -0.121. The number of amides is 1. The molecule has 0 saturated heterocycles. The Morgan fingerprint density at radius 1 is 1.29 bits per heavy atom. The first-order chi connectivity index (χ1) is 9.72. The van der Waals surface area contributed by atoms with Crippen LogP contribution in [-0.4, -0.2) is 41.0 Å². The summed E-state index contributed by atoms with van der Waals surface area (Å²) in [6.07, 6.45) is 0.205. The van der Waals surface area contributed by atoms with Gasteiger partial charge in [0, 0.05) is 19.5 Å². The van der Waals surface area contributed by atoms with E-state index < -0.39 is 0 Å². The minimum atomic E-state index is -0.223. The first-order valence-corrected chi connectivity index (χ1v) is 6.46. The largest absolute Gasteiger partial charge is 0.355 e. The topological polar surface area (TPSA) is 88.9 Å². The normalized spacial score (nSPS) is 10.1. The highest BCUT2D eigenvalue weighted by atomic mass is 35.5. The van der Waals surface area contributed by atoms with Gasteiger partial charge in [-0.15, -0.1) is 17.5 Å². The van der Waals surface area contributed by atoms with Gasteiger partial charge in [-0.05, 0) is 19.2 Å². The SMILES string of the molecule is CNCCNC(=O)CCn1nnc2ccccc2c1=O.Cl. The standard InChI is InChI=1S/C13H17N5O2.ClH/c1-14-7-8-15-12(19)6-9-18-13(20)10-4-2-3-5-11(10)16-17-18;/h2-5,14H,6-9H2,1H3,(H,15,19);1H. The fourth-order valence-electron chi connectivity index (χ4n) is 1.79. The maximum atomic E-state index is 12.1. The molecule has 0 aliphatic rings. The Labute approximate surface area is 128 Å². The third kappa shape index (κ3) is 4.51. The molecule has 1 heterocycles. The van der Waals surface area contributed by atoms with Crippen LogP contribution in [0, 0.1) is 0 Å². The zero-order chi connectivity index (χ0) is 14.4. The van der Waals surface area contributed by atoms with Crippen molar-refractivity contribution in [2.45, 2.75) is 13.0 Å². The number of fused-ring (bicyclic) bond motifs is 1. The fraction of sp³-hybridized carbons (Fsp3) is 0.385. The molecule has 2 N–H and O–H groups in total. The van der Waals surface area contributed by atoms with Crippen LogP contribution in [0.3, 0.4) is 0 Å². The van der Waals surface area contributed by atoms with Gasteiger partial charge < -0.3 is 10.6 Å². The van der Waals surface area contributed by atoms with Crippen molar-refractivity contribution in [1.29, 1.82) is 0 Å². The Balaban J connectivity index is 0.00000220. The van der Waals surface area contributed by atoms with Crippen LogP contribution in [0.4, 0.5) is 0 Å². The van der Waals surface area contributed by atoms with Crippen molar-refractivity contribution in [3.05, 3.63) is 34.6 Å². The molecule has 0 saturated carbocycles. The van der Waals surface area contributed by atoms with Crippen LogP contribution < -0.4 is 16.2 Å². The maximum absolute atomic E-state index is 12.1. The molecule has 0 radical (unpaired) electrons. The number of hydrogen-bond donors (Lipinski definition) is 2. The van der Waals surface area contributed by atoms with E-state index in [2.05, 4.69) is 20.9 Å². The quantitative estimate of drug-likeness (QED) is 0.730. The van der Waals surface area contributed by atoms with Crippen LogP contribution in [0.25, 0.3) is 10.9 Å². The average Bonchev–Trinajstić information content (AvgIpc) is 2.47. The minimum Gasteiger partial charge on any atom is -0.355 e. The van der Waals surface area contributed by atoms with Gasteiger partial charge in [-0.2, -0.15) is 0 Å². The maximum Gasteiger partial charge on any atom is 0.277 e. The Morgan fingerprint density at radius 3 is 2.81 bits per heavy atom. The van der Waals surface area contributed by atoms with Crippen LogP contribution in [0.15, 0.2) is 29.1 Å². The summed E-state index contributed by atoms with van der Waals surface area (Å²) in [5, 5.41) is 14.0. The van der Waals surface area contributed by atoms with E-state index in [9.17, 15) is 9.59 Å². The minimum absolute atomic E-state index is 0. The Hall–Kier alpha value is -1.99. The molecule has 1 amide bonds. The van der Waals surface area contributed by atoms with Gasteiger partial charge in [0.2, 0.25) is 5.91 Å². The lowest BCUT2D eigenvalue weighted by atomic mass is 10.2. The number of benzene rings is 1. The first kappa shape index (κ1) is 17.1. The summed E-state index contributed by atoms with van der Waals surface area (Å²) < 4.78 is 1.22. The third-order valence-electron chi connectivity index (χ3n) is 2.88. The number of carbonyl (C=O) groups is 1. The molecule has 0 bridgehead atoms. The zero-order valence-corrected chi connectivity index (χ0v) is 12.5. The van der Waals surface area contributed by atoms with Gasteiger partial charge in [0.05, 0.1) is 11.9 Å². The second-order valence-electron chi connectivity index (χ2n) is 4.34. The number of aryl methyl sites for hydroxylation is 1. The average molecular weight is 312 g/mol. The molecule has 0 aliphatic carbocycles. The summed E-state index contributed by atoms with van der Waals surface area (Å²) in [4.78, 5) is 23.7. The van der Waals surface area contributed by atoms with Crippen LogP contribution in [0.2, 0.25) is 0 Å². The summed E-state index contributed by atoms with van der Waals surface area (Å²) in [5.74, 6) is -0.109. The second kappa shape index (κ2) is 8.33. The molecule has 2 aromatic rings. The molecule has 0 atom stereocenters. The molecular weight excluding hydrogens is 294 g/mol. The molecular formula is C13H18ClN5O2. The van der Waals surface area contributed by atoms with Gasteiger partial charge in [-0.3, -0.25) is 9.59 Å². The summed E-state index contributed by atoms with van der Waals surface area (Å²) >= 11 is 0. The molecule has 1 aromatic carbocycles. The van der Waals surface area contributed by atoms with Crippen molar-refractivity contribution in [1.82, 2.24) is 25.6 Å². The number of rotatable bonds is 6. The molecule has 0 fully saturated rings. The second-order valence-corrected chi connectivity index (χ2v) is 4.34. The zero-order valence-electron chi connectivity index (χ0n) is 11.7. The van der Waals surface area contributed by atoms with E-state index >= 15 is 0 Å². The molecule has 114 valence electrons. The van der Waals surface area contributed by atoms with Crippen LogP contribution in [0.1, 0.15) is 6.42 Å². The molecule has 0 aliphatic heterocycles. The van der Waals surface area contributed by atoms with E-state index in [4.69, 9.17) is 0 Å². The van der Waals surface area contributed by atoms with Crippen molar-refractivity contribution in [3.8, 4) is 0 Å². The summed E-state index contributed by atoms with van der Waals surface area (Å²) in [7, 11) is 1.82. The third-order valence-corrected chi connectivity index (χ3v) is 2.88. The molecule has 7 nitrogen and oxygen atoms in total. The van der Waals surface area contributed by atoms with Crippen molar-refractivity contribution in [2.75, 3.05) is 20.1 Å². The van der Waals surface area contributed by atoms with Crippen molar-refractivity contribution in [3.63, 3.8) is 0 Å². The predicted molar refractivity (Wildman–Crippen MR) is 82.6 cm³/mol. The van der Waals surface area contributed by atoms with Gasteiger partial charge in [-0.25, -0.2) is 4.68 Å². The molecule has 0 unspecified atom stereocenters. The van der Waals surface area contributed by atoms with Gasteiger partial charge in [0.25, 0.3) is 5.56 Å². The highest BCUT2D eigenvalue weighted by Gasteiger charge is 2.07. The first-order valence-electron chi connectivity index (χ1n) is 6.46. The van der Waals surface area contributed by atoms with E-state index in [0.717, 1.165) is 0 Å². The summed E-state index contributed by atoms with van der Waals surface area (Å²) in [5.41, 5.74) is 0.339. The van der Waals surface area contributed by atoms with Crippen molar-refractivity contribution in [2.24, 2.45) is 0 Å². The molecule has 21 heavy (non-hydrogen) atoms. The number of halogens is 1. The van der Waals surface area contributed by atoms with E-state index in [1.807, 2.05) is 7.05 Å². The van der Waals surface area contributed by atoms with E-state index in [-0.39, 0.29) is 36.8 Å². The summed E-state index contributed by atoms with van der Waals surface area (Å²) in [6, 6.07) is 7.02. The van der Waals surface area contributed by atoms with Crippen LogP contribution >= 0.6 is 12.4 Å². The molecule has 1 aromatic heterocycles. The number of carbonyl (C=O) groups excluding carboxylic acids is 1. The fourth-order valence-corrected chi connectivity index (χ4v) is 1.79. The van der Waals surface area contributed by atoms with Crippen molar-refractivity contribution < 1.29 is 4.79 Å². The smallest absolute Gasteiger partial charge is 0.277 e. The van der Waals surface area contributed by atoms with E-state index in [1.54, 1.807) is 24.3 Å². The van der Waals surface area contributed by atoms with E-state index in [0.29, 0.717) is 24.0 Å². The number of aromatic nitrogens is 3. The number of hydrogen-bond acceptors (Lipinski definition) is 5. The number of nitrogens with zero attached hydrogens (tertiary/aromatic N) is 3. The van der Waals surface area contributed by atoms with Gasteiger partial charge in [0.1, 0.15) is 5.52 Å². The molecule has 2 rings (SSSR count).